The first-order valence-electron chi connectivity index (χ1n) is 13.4. The molecule has 3 aromatic rings. The predicted octanol–water partition coefficient (Wildman–Crippen LogP) is 5.28. The second kappa shape index (κ2) is 12.5. The predicted molar refractivity (Wildman–Crippen MR) is 150 cm³/mol. The van der Waals surface area contributed by atoms with E-state index >= 15 is 0 Å². The summed E-state index contributed by atoms with van der Waals surface area (Å²) in [5.41, 5.74) is 1.89. The van der Waals surface area contributed by atoms with E-state index in [2.05, 4.69) is 9.80 Å². The van der Waals surface area contributed by atoms with Crippen LogP contribution < -0.4 is 0 Å². The third-order valence-electron chi connectivity index (χ3n) is 7.73. The van der Waals surface area contributed by atoms with Crippen LogP contribution in [-0.4, -0.2) is 71.9 Å². The summed E-state index contributed by atoms with van der Waals surface area (Å²) in [6.07, 6.45) is 1.90. The largest absolute Gasteiger partial charge is 0.508 e. The minimum Gasteiger partial charge on any atom is -0.508 e. The van der Waals surface area contributed by atoms with Crippen LogP contribution in [0.25, 0.3) is 0 Å². The molecule has 1 aliphatic heterocycles. The van der Waals surface area contributed by atoms with Crippen molar-refractivity contribution in [2.75, 3.05) is 40.3 Å². The zero-order valence-electron chi connectivity index (χ0n) is 22.8. The standard InChI is InChI=1S/C32H37FN2O4/c1-21-26(10-7-11-29(21)33)30-27(31(38)22-12-14-24(36)15-13-22)19-35(17-5-4-16-34(2)3)20-28(30)32(39)23-8-6-9-25(37)18-23/h6-15,18,27-28,30,36-37H,4-5,16-17,19-20H2,1-3H3/t27-,28+,30-/m1/s1. The number of phenols is 2. The molecule has 2 N–H and O–H groups in total. The van der Waals surface area contributed by atoms with Crippen LogP contribution >= 0.6 is 0 Å². The molecule has 1 aliphatic rings. The summed E-state index contributed by atoms with van der Waals surface area (Å²) in [6, 6.07) is 17.2. The highest BCUT2D eigenvalue weighted by atomic mass is 19.1. The summed E-state index contributed by atoms with van der Waals surface area (Å²) in [5.74, 6) is -2.44. The fourth-order valence-corrected chi connectivity index (χ4v) is 5.71. The van der Waals surface area contributed by atoms with Crippen LogP contribution in [0.1, 0.15) is 50.6 Å². The van der Waals surface area contributed by atoms with Crippen LogP contribution in [0.5, 0.6) is 11.5 Å². The molecule has 39 heavy (non-hydrogen) atoms. The molecule has 1 fully saturated rings. The molecule has 206 valence electrons. The molecule has 0 saturated carbocycles. The van der Waals surface area contributed by atoms with Crippen LogP contribution in [0.4, 0.5) is 4.39 Å². The van der Waals surface area contributed by atoms with Gasteiger partial charge < -0.3 is 20.0 Å². The minimum atomic E-state index is -0.624. The monoisotopic (exact) mass is 532 g/mol. The van der Waals surface area contributed by atoms with Gasteiger partial charge in [0.05, 0.1) is 0 Å². The molecule has 1 saturated heterocycles. The van der Waals surface area contributed by atoms with Gasteiger partial charge in [-0.2, -0.15) is 0 Å². The molecule has 0 spiro atoms. The molecular weight excluding hydrogens is 495 g/mol. The van der Waals surface area contributed by atoms with Crippen molar-refractivity contribution < 1.29 is 24.2 Å². The van der Waals surface area contributed by atoms with Gasteiger partial charge in [0, 0.05) is 42.0 Å². The van der Waals surface area contributed by atoms with Crippen LogP contribution in [0, 0.1) is 24.6 Å². The van der Waals surface area contributed by atoms with Crippen molar-refractivity contribution >= 4 is 11.6 Å². The summed E-state index contributed by atoms with van der Waals surface area (Å²) >= 11 is 0. The van der Waals surface area contributed by atoms with Crippen molar-refractivity contribution in [3.63, 3.8) is 0 Å². The molecule has 1 heterocycles. The number of nitrogens with zero attached hydrogens (tertiary/aromatic N) is 2. The van der Waals surface area contributed by atoms with Gasteiger partial charge in [0.25, 0.3) is 0 Å². The molecule has 0 radical (unpaired) electrons. The Morgan fingerprint density at radius 3 is 2.15 bits per heavy atom. The number of hydrogen-bond acceptors (Lipinski definition) is 6. The Labute approximate surface area is 229 Å². The van der Waals surface area contributed by atoms with E-state index in [1.807, 2.05) is 20.2 Å². The number of piperidine rings is 1. The first-order valence-corrected chi connectivity index (χ1v) is 13.4. The third-order valence-corrected chi connectivity index (χ3v) is 7.73. The molecule has 3 atom stereocenters. The van der Waals surface area contributed by atoms with Gasteiger partial charge in [-0.3, -0.25) is 9.59 Å². The molecule has 0 aromatic heterocycles. The Bertz CT molecular complexity index is 1310. The van der Waals surface area contributed by atoms with Gasteiger partial charge in [0.1, 0.15) is 17.3 Å². The highest BCUT2D eigenvalue weighted by molar-refractivity contribution is 6.02. The third kappa shape index (κ3) is 6.72. The van der Waals surface area contributed by atoms with Crippen molar-refractivity contribution in [1.29, 1.82) is 0 Å². The number of halogens is 1. The molecule has 4 rings (SSSR count). The van der Waals surface area contributed by atoms with Crippen LogP contribution in [-0.2, 0) is 0 Å². The number of carbonyl (C=O) groups is 2. The lowest BCUT2D eigenvalue weighted by molar-refractivity contribution is 0.0567. The lowest BCUT2D eigenvalue weighted by Gasteiger charge is -2.43. The van der Waals surface area contributed by atoms with E-state index in [1.165, 1.54) is 30.3 Å². The van der Waals surface area contributed by atoms with Gasteiger partial charge >= 0.3 is 0 Å². The Kier molecular flexibility index (Phi) is 9.15. The molecule has 0 amide bonds. The van der Waals surface area contributed by atoms with Crippen molar-refractivity contribution in [1.82, 2.24) is 9.80 Å². The van der Waals surface area contributed by atoms with Crippen LogP contribution in [0.3, 0.4) is 0 Å². The number of likely N-dealkylation sites (tertiary alicyclic amines) is 1. The number of benzene rings is 3. The number of rotatable bonds is 10. The summed E-state index contributed by atoms with van der Waals surface area (Å²) in [7, 11) is 4.06. The van der Waals surface area contributed by atoms with Gasteiger partial charge in [0.15, 0.2) is 11.6 Å². The Morgan fingerprint density at radius 1 is 0.872 bits per heavy atom. The zero-order chi connectivity index (χ0) is 28.1. The van der Waals surface area contributed by atoms with Crippen molar-refractivity contribution in [3.8, 4) is 11.5 Å². The number of Topliss-reactive ketones (excluding diaryl/α,β-unsaturated/α-hetero) is 2. The molecule has 7 heteroatoms. The number of unbranched alkanes of at least 4 members (excludes halogenated alkanes) is 1. The van der Waals surface area contributed by atoms with E-state index in [0.29, 0.717) is 35.3 Å². The van der Waals surface area contributed by atoms with Gasteiger partial charge in [-0.25, -0.2) is 4.39 Å². The van der Waals surface area contributed by atoms with Gasteiger partial charge in [0.2, 0.25) is 0 Å². The summed E-state index contributed by atoms with van der Waals surface area (Å²) in [6.45, 7) is 4.23. The van der Waals surface area contributed by atoms with E-state index < -0.39 is 17.8 Å². The SMILES string of the molecule is Cc1c(F)cccc1[C@H]1[C@@H](C(=O)c2cccc(O)c2)CN(CCCCN(C)C)C[C@H]1C(=O)c1ccc(O)cc1. The normalized spacial score (nSPS) is 19.8. The minimum absolute atomic E-state index is 0.00703. The number of aromatic hydroxyl groups is 2. The smallest absolute Gasteiger partial charge is 0.167 e. The molecule has 6 nitrogen and oxygen atoms in total. The summed E-state index contributed by atoms with van der Waals surface area (Å²) < 4.78 is 14.8. The fourth-order valence-electron chi connectivity index (χ4n) is 5.71. The zero-order valence-corrected chi connectivity index (χ0v) is 22.8. The molecule has 0 bridgehead atoms. The topological polar surface area (TPSA) is 81.1 Å². The van der Waals surface area contributed by atoms with E-state index in [-0.39, 0.29) is 28.9 Å². The van der Waals surface area contributed by atoms with Crippen molar-refractivity contribution in [2.24, 2.45) is 11.8 Å². The van der Waals surface area contributed by atoms with Crippen LogP contribution in [0.2, 0.25) is 0 Å². The molecular formula is C32H37FN2O4. The first kappa shape index (κ1) is 28.5. The highest BCUT2D eigenvalue weighted by Crippen LogP contribution is 2.42. The first-order chi connectivity index (χ1) is 18.7. The van der Waals surface area contributed by atoms with Crippen molar-refractivity contribution in [3.05, 3.63) is 94.8 Å². The van der Waals surface area contributed by atoms with E-state index in [4.69, 9.17) is 0 Å². The van der Waals surface area contributed by atoms with Gasteiger partial charge in [-0.05, 0) is 101 Å². The molecule has 3 aromatic carbocycles. The van der Waals surface area contributed by atoms with Crippen LogP contribution in [0.15, 0.2) is 66.7 Å². The van der Waals surface area contributed by atoms with Gasteiger partial charge in [-0.1, -0.05) is 24.3 Å². The quantitative estimate of drug-likeness (QED) is 0.273. The summed E-state index contributed by atoms with van der Waals surface area (Å²) in [5, 5.41) is 19.9. The Balaban J connectivity index is 1.78. The molecule has 0 aliphatic carbocycles. The number of ketones is 2. The maximum Gasteiger partial charge on any atom is 0.167 e. The van der Waals surface area contributed by atoms with E-state index in [0.717, 1.165) is 25.9 Å². The second-order valence-electron chi connectivity index (χ2n) is 10.8. The van der Waals surface area contributed by atoms with E-state index in [1.54, 1.807) is 37.3 Å². The van der Waals surface area contributed by atoms with Crippen molar-refractivity contribution in [2.45, 2.75) is 25.7 Å². The number of carbonyl (C=O) groups excluding carboxylic acids is 2. The average molecular weight is 533 g/mol. The highest BCUT2D eigenvalue weighted by Gasteiger charge is 2.45. The lowest BCUT2D eigenvalue weighted by Crippen LogP contribution is -2.50. The Morgan fingerprint density at radius 2 is 1.51 bits per heavy atom. The molecule has 0 unspecified atom stereocenters. The maximum absolute atomic E-state index is 14.8. The Hall–Kier alpha value is -3.55. The second-order valence-corrected chi connectivity index (χ2v) is 10.8. The lowest BCUT2D eigenvalue weighted by atomic mass is 9.67. The maximum atomic E-state index is 14.8. The number of phenolic OH excluding ortho intramolecular Hbond substituents is 2. The summed E-state index contributed by atoms with van der Waals surface area (Å²) in [4.78, 5) is 32.4. The average Bonchev–Trinajstić information content (AvgIpc) is 2.92. The number of hydrogen-bond donors (Lipinski definition) is 2. The fraction of sp³-hybridized carbons (Fsp3) is 0.375. The van der Waals surface area contributed by atoms with Gasteiger partial charge in [-0.15, -0.1) is 0 Å². The van der Waals surface area contributed by atoms with E-state index in [9.17, 15) is 24.2 Å².